The molecule has 1 heterocycles. The van der Waals surface area contributed by atoms with Crippen LogP contribution in [0.1, 0.15) is 34.1 Å². The lowest BCUT2D eigenvalue weighted by molar-refractivity contribution is -0.138. The van der Waals surface area contributed by atoms with Gasteiger partial charge in [-0.3, -0.25) is 4.79 Å². The summed E-state index contributed by atoms with van der Waals surface area (Å²) in [7, 11) is 3.61. The van der Waals surface area contributed by atoms with E-state index in [4.69, 9.17) is 0 Å². The summed E-state index contributed by atoms with van der Waals surface area (Å²) < 4.78 is 28.3. The van der Waals surface area contributed by atoms with Crippen LogP contribution in [0.5, 0.6) is 0 Å². The third-order valence-corrected chi connectivity index (χ3v) is 5.99. The number of amides is 1. The Balaban J connectivity index is 0.00000216. The maximum atomic E-state index is 13.5. The maximum Gasteiger partial charge on any atom is 0.246 e. The molecule has 1 amide bonds. The second-order valence-corrected chi connectivity index (χ2v) is 8.89. The van der Waals surface area contributed by atoms with Gasteiger partial charge in [0.1, 0.15) is 18.0 Å². The van der Waals surface area contributed by atoms with Crippen molar-refractivity contribution in [2.24, 2.45) is 5.41 Å². The van der Waals surface area contributed by atoms with Crippen LogP contribution in [-0.4, -0.2) is 46.2 Å². The van der Waals surface area contributed by atoms with Crippen LogP contribution >= 0.6 is 0 Å². The van der Waals surface area contributed by atoms with Crippen molar-refractivity contribution in [1.29, 1.82) is 0 Å². The number of halogens is 2. The Bertz CT molecular complexity index is 1140. The number of rotatable bonds is 7. The number of nitrogens with zero attached hydrogens (tertiary/aromatic N) is 4. The van der Waals surface area contributed by atoms with Crippen molar-refractivity contribution < 1.29 is 16.4 Å². The van der Waals surface area contributed by atoms with Crippen LogP contribution in [0.15, 0.2) is 42.7 Å². The summed E-state index contributed by atoms with van der Waals surface area (Å²) in [6.45, 7) is 2.55. The number of hydrogen-bond donors (Lipinski definition) is 2. The normalized spacial score (nSPS) is 14.8. The van der Waals surface area contributed by atoms with Gasteiger partial charge in [0.2, 0.25) is 11.9 Å². The Hall–Kier alpha value is -3.49. The largest absolute Gasteiger partial charge is 0.384 e. The molecular formula is C24H32F2N6O. The fourth-order valence-corrected chi connectivity index (χ4v) is 4.47. The Morgan fingerprint density at radius 2 is 1.76 bits per heavy atom. The minimum Gasteiger partial charge on any atom is -0.384 e. The molecule has 0 spiro atoms. The third kappa shape index (κ3) is 5.13. The van der Waals surface area contributed by atoms with Crippen LogP contribution in [0.3, 0.4) is 0 Å². The van der Waals surface area contributed by atoms with Crippen molar-refractivity contribution >= 4 is 23.2 Å². The Kier molecular flexibility index (Phi) is 6.31. The van der Waals surface area contributed by atoms with E-state index in [0.717, 1.165) is 48.7 Å². The van der Waals surface area contributed by atoms with Crippen LogP contribution in [0.25, 0.3) is 5.69 Å². The van der Waals surface area contributed by atoms with Crippen LogP contribution in [0.2, 0.25) is 0 Å². The van der Waals surface area contributed by atoms with Gasteiger partial charge in [0.15, 0.2) is 0 Å². The van der Waals surface area contributed by atoms with Gasteiger partial charge in [-0.1, -0.05) is 12.8 Å². The summed E-state index contributed by atoms with van der Waals surface area (Å²) in [5.41, 5.74) is 2.55. The highest BCUT2D eigenvalue weighted by Gasteiger charge is 2.41. The molecule has 1 aromatic heterocycles. The molecule has 7 nitrogen and oxygen atoms in total. The number of hydrogen-bond acceptors (Lipinski definition) is 5. The number of benzene rings is 2. The van der Waals surface area contributed by atoms with Crippen molar-refractivity contribution in [1.82, 2.24) is 19.7 Å². The first-order valence-electron chi connectivity index (χ1n) is 11.0. The quantitative estimate of drug-likeness (QED) is 0.512. The van der Waals surface area contributed by atoms with Crippen LogP contribution in [-0.2, 0) is 4.79 Å². The molecule has 0 unspecified atom stereocenters. The zero-order chi connectivity index (χ0) is 23.6. The van der Waals surface area contributed by atoms with Crippen molar-refractivity contribution in [3.05, 3.63) is 59.9 Å². The SMILES string of the molecule is Cc1cc(NCC2(C(=O)N(C)C)CCCC2)cc(Nc2ncn(-c3cc(F)cc(F)c3)n2)c1.[HH].[HH]. The molecule has 4 rings (SSSR count). The first kappa shape index (κ1) is 22.7. The van der Waals surface area contributed by atoms with Crippen molar-refractivity contribution in [3.8, 4) is 5.69 Å². The predicted octanol–water partition coefficient (Wildman–Crippen LogP) is 5.15. The average molecular weight is 459 g/mol. The molecule has 0 radical (unpaired) electrons. The van der Waals surface area contributed by atoms with E-state index in [2.05, 4.69) is 20.7 Å². The Morgan fingerprint density at radius 1 is 1.09 bits per heavy atom. The Morgan fingerprint density at radius 3 is 2.42 bits per heavy atom. The van der Waals surface area contributed by atoms with Crippen molar-refractivity contribution in [3.63, 3.8) is 0 Å². The molecule has 1 fully saturated rings. The molecule has 2 N–H and O–H groups in total. The van der Waals surface area contributed by atoms with E-state index in [9.17, 15) is 13.6 Å². The molecule has 2 aromatic carbocycles. The number of aromatic nitrogens is 3. The highest BCUT2D eigenvalue weighted by atomic mass is 19.1. The fraction of sp³-hybridized carbons (Fsp3) is 0.375. The van der Waals surface area contributed by atoms with Gasteiger partial charge in [0.25, 0.3) is 0 Å². The van der Waals surface area contributed by atoms with E-state index in [1.54, 1.807) is 19.0 Å². The molecule has 9 heteroatoms. The smallest absolute Gasteiger partial charge is 0.246 e. The van der Waals surface area contributed by atoms with Gasteiger partial charge in [-0.2, -0.15) is 4.98 Å². The number of carbonyl (C=O) groups is 1. The topological polar surface area (TPSA) is 75.1 Å². The van der Waals surface area contributed by atoms with Gasteiger partial charge < -0.3 is 15.5 Å². The van der Waals surface area contributed by atoms with Crippen molar-refractivity contribution in [2.45, 2.75) is 32.6 Å². The van der Waals surface area contributed by atoms with Crippen LogP contribution < -0.4 is 10.6 Å². The maximum absolute atomic E-state index is 13.5. The zero-order valence-corrected chi connectivity index (χ0v) is 19.0. The van der Waals surface area contributed by atoms with Crippen LogP contribution in [0, 0.1) is 24.0 Å². The van der Waals surface area contributed by atoms with E-state index in [1.807, 2.05) is 25.1 Å². The molecule has 3 aromatic rings. The lowest BCUT2D eigenvalue weighted by Gasteiger charge is -2.31. The second-order valence-electron chi connectivity index (χ2n) is 8.89. The van der Waals surface area contributed by atoms with E-state index in [-0.39, 0.29) is 19.9 Å². The van der Waals surface area contributed by atoms with E-state index < -0.39 is 11.6 Å². The number of nitrogens with one attached hydrogen (secondary N) is 2. The van der Waals surface area contributed by atoms with Gasteiger partial charge >= 0.3 is 0 Å². The molecule has 0 saturated heterocycles. The number of carbonyl (C=O) groups excluding carboxylic acids is 1. The third-order valence-electron chi connectivity index (χ3n) is 5.99. The average Bonchev–Trinajstić information content (AvgIpc) is 3.41. The molecule has 178 valence electrons. The molecule has 1 aliphatic rings. The molecule has 0 aliphatic heterocycles. The van der Waals surface area contributed by atoms with E-state index >= 15 is 0 Å². The van der Waals surface area contributed by atoms with Crippen molar-refractivity contribution in [2.75, 3.05) is 31.3 Å². The van der Waals surface area contributed by atoms with E-state index in [1.165, 1.54) is 23.1 Å². The molecule has 33 heavy (non-hydrogen) atoms. The summed E-state index contributed by atoms with van der Waals surface area (Å²) in [6, 6.07) is 9.08. The highest BCUT2D eigenvalue weighted by molar-refractivity contribution is 5.83. The first-order chi connectivity index (χ1) is 15.7. The van der Waals surface area contributed by atoms with Gasteiger partial charge in [-0.15, -0.1) is 5.10 Å². The van der Waals surface area contributed by atoms with Gasteiger partial charge in [-0.25, -0.2) is 13.5 Å². The summed E-state index contributed by atoms with van der Waals surface area (Å²) in [4.78, 5) is 18.7. The van der Waals surface area contributed by atoms with Gasteiger partial charge in [-0.05, 0) is 55.7 Å². The molecule has 1 saturated carbocycles. The van der Waals surface area contributed by atoms with Gasteiger partial charge in [0, 0.05) is 40.9 Å². The number of anilines is 3. The monoisotopic (exact) mass is 458 g/mol. The predicted molar refractivity (Wildman–Crippen MR) is 128 cm³/mol. The number of aryl methyl sites for hydroxylation is 1. The first-order valence-corrected chi connectivity index (χ1v) is 11.0. The molecule has 0 atom stereocenters. The zero-order valence-electron chi connectivity index (χ0n) is 19.0. The summed E-state index contributed by atoms with van der Waals surface area (Å²) in [5, 5.41) is 10.9. The lowest BCUT2D eigenvalue weighted by atomic mass is 9.84. The standard InChI is InChI=1S/C24H28F2N6O.2H2/c1-16-8-19(27-14-24(6-4-5-7-24)22(33)31(2)3)13-20(9-16)29-23-28-15-32(30-23)21-11-17(25)10-18(26)12-21;;/h8-13,15,27H,4-7,14H2,1-3H3,(H,29,30);2*1H. The van der Waals surface area contributed by atoms with E-state index in [0.29, 0.717) is 12.5 Å². The summed E-state index contributed by atoms with van der Waals surface area (Å²) >= 11 is 0. The lowest BCUT2D eigenvalue weighted by Crippen LogP contribution is -2.43. The second kappa shape index (κ2) is 9.17. The van der Waals surface area contributed by atoms with Gasteiger partial charge in [0.05, 0.1) is 11.1 Å². The molecular weight excluding hydrogens is 426 g/mol. The minimum absolute atomic E-state index is 0. The van der Waals surface area contributed by atoms with Crippen LogP contribution in [0.4, 0.5) is 26.1 Å². The summed E-state index contributed by atoms with van der Waals surface area (Å²) in [5.74, 6) is -0.900. The molecule has 0 bridgehead atoms. The highest BCUT2D eigenvalue weighted by Crippen LogP contribution is 2.39. The Labute approximate surface area is 194 Å². The minimum atomic E-state index is -0.683. The fourth-order valence-electron chi connectivity index (χ4n) is 4.47. The summed E-state index contributed by atoms with van der Waals surface area (Å²) in [6.07, 6.45) is 5.28. The molecule has 1 aliphatic carbocycles.